The first kappa shape index (κ1) is 45.8. The number of imide groups is 1. The van der Waals surface area contributed by atoms with Gasteiger partial charge in [-0.2, -0.15) is 0 Å². The van der Waals surface area contributed by atoms with Crippen molar-refractivity contribution in [3.8, 4) is 11.5 Å². The molecule has 1 aromatic heterocycles. The molecule has 0 unspecified atom stereocenters. The van der Waals surface area contributed by atoms with Crippen LogP contribution in [0, 0.1) is 6.92 Å². The fourth-order valence-corrected chi connectivity index (χ4v) is 8.03. The standard InChI is InChI=1S/C50H54N6O9/c1-32-18-21-42(44(27-32)64-26-11-10-13-34(31-57)54-24-22-52(5)23-25-54)53(6)46(59)33-19-20-40(43(28-33)63-7)51-45(58)36-16-12-17-41-39(36)29-35(56(41)49(62)65-50(2,3)4)30-55-47(60)37-14-8-9-15-38(37)48(55)61/h8-9,12,14-21,27-29H,10-11,13,22-26,30H2,1-7H3,(H,51,58). The summed E-state index contributed by atoms with van der Waals surface area (Å²) in [7, 11) is 5.16. The van der Waals surface area contributed by atoms with Crippen molar-refractivity contribution in [3.63, 3.8) is 0 Å². The third-order valence-electron chi connectivity index (χ3n) is 11.5. The SMILES string of the molecule is COc1cc(C(=O)N(C)c2ccc(C)cc2OCCCCC(=C=O)N2CCN(C)CC2)ccc1NC(=O)c1cccc2c1cc(CN1C(=O)c3ccccc3C1=O)n2C(=O)OC(C)(C)C. The molecule has 15 nitrogen and oxygen atoms in total. The van der Waals surface area contributed by atoms with E-state index < -0.39 is 29.4 Å². The van der Waals surface area contributed by atoms with Crippen molar-refractivity contribution in [2.75, 3.05) is 64.2 Å². The van der Waals surface area contributed by atoms with Crippen LogP contribution in [-0.2, 0) is 16.1 Å². The van der Waals surface area contributed by atoms with Gasteiger partial charge < -0.3 is 34.2 Å². The van der Waals surface area contributed by atoms with Gasteiger partial charge >= 0.3 is 6.09 Å². The van der Waals surface area contributed by atoms with E-state index >= 15 is 0 Å². The molecule has 4 aromatic carbocycles. The summed E-state index contributed by atoms with van der Waals surface area (Å²) in [6.07, 6.45) is 1.33. The number of carbonyl (C=O) groups is 5. The Morgan fingerprint density at radius 3 is 2.22 bits per heavy atom. The maximum atomic E-state index is 14.1. The van der Waals surface area contributed by atoms with Crippen LogP contribution >= 0.6 is 0 Å². The third kappa shape index (κ3) is 9.96. The highest BCUT2D eigenvalue weighted by atomic mass is 16.6. The molecule has 3 heterocycles. The lowest BCUT2D eigenvalue weighted by molar-refractivity contribution is 0.0520. The molecule has 2 aliphatic rings. The first-order valence-electron chi connectivity index (χ1n) is 21.6. The van der Waals surface area contributed by atoms with Crippen molar-refractivity contribution in [2.24, 2.45) is 0 Å². The van der Waals surface area contributed by atoms with Crippen LogP contribution in [0.3, 0.4) is 0 Å². The van der Waals surface area contributed by atoms with Gasteiger partial charge in [-0.1, -0.05) is 24.3 Å². The number of anilines is 2. The van der Waals surface area contributed by atoms with Crippen LogP contribution in [0.2, 0.25) is 0 Å². The topological polar surface area (TPSA) is 160 Å². The molecule has 1 saturated heterocycles. The summed E-state index contributed by atoms with van der Waals surface area (Å²) in [5.41, 5.74) is 3.24. The zero-order chi connectivity index (χ0) is 46.6. The number of piperazine rings is 1. The number of likely N-dealkylation sites (N-methyl/N-ethyl adjacent to an activating group) is 1. The number of hydrogen-bond donors (Lipinski definition) is 1. The van der Waals surface area contributed by atoms with Crippen molar-refractivity contribution in [3.05, 3.63) is 124 Å². The summed E-state index contributed by atoms with van der Waals surface area (Å²) < 4.78 is 18.9. The molecule has 0 radical (unpaired) electrons. The molecule has 7 rings (SSSR count). The number of aryl methyl sites for hydroxylation is 1. The Labute approximate surface area is 378 Å². The Morgan fingerprint density at radius 1 is 0.846 bits per heavy atom. The first-order chi connectivity index (χ1) is 31.1. The monoisotopic (exact) mass is 882 g/mol. The van der Waals surface area contributed by atoms with Crippen LogP contribution in [0.1, 0.15) is 92.7 Å². The highest BCUT2D eigenvalue weighted by molar-refractivity contribution is 6.21. The molecule has 5 aromatic rings. The first-order valence-corrected chi connectivity index (χ1v) is 21.6. The van der Waals surface area contributed by atoms with E-state index in [0.717, 1.165) is 43.1 Å². The Kier molecular flexibility index (Phi) is 13.6. The van der Waals surface area contributed by atoms with Gasteiger partial charge in [-0.15, -0.1) is 0 Å². The molecule has 15 heteroatoms. The number of methoxy groups -OCH3 is 1. The van der Waals surface area contributed by atoms with Crippen LogP contribution in [0.4, 0.5) is 16.2 Å². The van der Waals surface area contributed by atoms with Gasteiger partial charge in [0, 0.05) is 49.7 Å². The van der Waals surface area contributed by atoms with Crippen LogP contribution in [0.25, 0.3) is 10.9 Å². The van der Waals surface area contributed by atoms with Gasteiger partial charge in [-0.25, -0.2) is 14.2 Å². The van der Waals surface area contributed by atoms with Crippen LogP contribution < -0.4 is 19.7 Å². The average molecular weight is 883 g/mol. The van der Waals surface area contributed by atoms with Crippen molar-refractivity contribution < 1.29 is 43.0 Å². The van der Waals surface area contributed by atoms with Gasteiger partial charge in [0.2, 0.25) is 0 Å². The number of unbranched alkanes of at least 4 members (excludes halogenated alkanes) is 1. The highest BCUT2D eigenvalue weighted by Crippen LogP contribution is 2.34. The number of nitrogens with zero attached hydrogens (tertiary/aromatic N) is 5. The molecule has 0 saturated carbocycles. The molecule has 2 aliphatic heterocycles. The Morgan fingerprint density at radius 2 is 1.55 bits per heavy atom. The van der Waals surface area contributed by atoms with E-state index in [2.05, 4.69) is 28.1 Å². The molecule has 1 fully saturated rings. The van der Waals surface area contributed by atoms with E-state index in [1.165, 1.54) is 16.6 Å². The number of ether oxygens (including phenoxy) is 3. The third-order valence-corrected chi connectivity index (χ3v) is 11.5. The molecule has 0 atom stereocenters. The predicted octanol–water partition coefficient (Wildman–Crippen LogP) is 7.58. The zero-order valence-electron chi connectivity index (χ0n) is 37.9. The van der Waals surface area contributed by atoms with Gasteiger partial charge in [0.25, 0.3) is 23.6 Å². The number of benzene rings is 4. The molecular weight excluding hydrogens is 829 g/mol. The molecule has 0 aliphatic carbocycles. The van der Waals surface area contributed by atoms with Crippen LogP contribution in [0.15, 0.2) is 90.6 Å². The van der Waals surface area contributed by atoms with E-state index in [4.69, 9.17) is 14.2 Å². The maximum Gasteiger partial charge on any atom is 0.419 e. The number of aromatic nitrogens is 1. The van der Waals surface area contributed by atoms with E-state index in [1.54, 1.807) is 94.5 Å². The summed E-state index contributed by atoms with van der Waals surface area (Å²) in [5.74, 6) is 1.03. The van der Waals surface area contributed by atoms with Crippen LogP contribution in [0.5, 0.6) is 11.5 Å². The number of rotatable bonds is 14. The van der Waals surface area contributed by atoms with E-state index in [0.29, 0.717) is 53.0 Å². The summed E-state index contributed by atoms with van der Waals surface area (Å²) >= 11 is 0. The second kappa shape index (κ2) is 19.3. The van der Waals surface area contributed by atoms with Crippen molar-refractivity contribution in [1.29, 1.82) is 0 Å². The van der Waals surface area contributed by atoms with Gasteiger partial charge in [0.05, 0.1) is 59.7 Å². The lowest BCUT2D eigenvalue weighted by Crippen LogP contribution is -2.44. The molecular formula is C50H54N6O9. The lowest BCUT2D eigenvalue weighted by atomic mass is 10.1. The van der Waals surface area contributed by atoms with E-state index in [9.17, 15) is 28.8 Å². The zero-order valence-corrected chi connectivity index (χ0v) is 37.9. The quantitative estimate of drug-likeness (QED) is 0.0666. The molecule has 0 spiro atoms. The van der Waals surface area contributed by atoms with Gasteiger partial charge in [-0.3, -0.25) is 24.1 Å². The molecule has 4 amide bonds. The number of allylic oxidation sites excluding steroid dienone is 1. The summed E-state index contributed by atoms with van der Waals surface area (Å²) in [6, 6.07) is 23.3. The predicted molar refractivity (Wildman–Crippen MR) is 247 cm³/mol. The van der Waals surface area contributed by atoms with Gasteiger partial charge in [0.1, 0.15) is 23.0 Å². The fraction of sp³-hybridized carbons (Fsp3) is 0.340. The Hall–Kier alpha value is -7.22. The minimum absolute atomic E-state index is 0.193. The average Bonchev–Trinajstić information content (AvgIpc) is 3.77. The van der Waals surface area contributed by atoms with Crippen molar-refractivity contribution >= 4 is 57.9 Å². The van der Waals surface area contributed by atoms with E-state index in [1.807, 2.05) is 25.1 Å². The Balaban J connectivity index is 1.07. The van der Waals surface area contributed by atoms with Crippen LogP contribution in [-0.4, -0.2) is 115 Å². The number of amides is 4. The Bertz CT molecular complexity index is 2690. The second-order valence-electron chi connectivity index (χ2n) is 17.3. The minimum atomic E-state index is -0.878. The number of nitrogens with one attached hydrogen (secondary N) is 1. The number of carbonyl (C=O) groups excluding carboxylic acids is 6. The fourth-order valence-electron chi connectivity index (χ4n) is 8.03. The normalized spacial score (nSPS) is 14.0. The largest absolute Gasteiger partial charge is 0.495 e. The maximum absolute atomic E-state index is 14.1. The summed E-state index contributed by atoms with van der Waals surface area (Å²) in [5, 5.41) is 3.27. The highest BCUT2D eigenvalue weighted by Gasteiger charge is 2.37. The number of fused-ring (bicyclic) bond motifs is 2. The molecule has 0 bridgehead atoms. The number of hydrogen-bond acceptors (Lipinski definition) is 11. The summed E-state index contributed by atoms with van der Waals surface area (Å²) in [4.78, 5) is 87.3. The summed E-state index contributed by atoms with van der Waals surface area (Å²) in [6.45, 7) is 10.7. The minimum Gasteiger partial charge on any atom is -0.495 e. The van der Waals surface area contributed by atoms with Crippen molar-refractivity contribution in [1.82, 2.24) is 19.3 Å². The molecule has 1 N–H and O–H groups in total. The van der Waals surface area contributed by atoms with Gasteiger partial charge in [-0.05, 0) is 120 Å². The smallest absolute Gasteiger partial charge is 0.419 e. The molecule has 338 valence electrons. The second-order valence-corrected chi connectivity index (χ2v) is 17.3. The molecule has 65 heavy (non-hydrogen) atoms. The van der Waals surface area contributed by atoms with Gasteiger partial charge in [0.15, 0.2) is 0 Å². The van der Waals surface area contributed by atoms with E-state index in [-0.39, 0.29) is 46.3 Å². The van der Waals surface area contributed by atoms with Crippen molar-refractivity contribution in [2.45, 2.75) is 59.1 Å². The lowest BCUT2D eigenvalue weighted by Gasteiger charge is -2.34.